The summed E-state index contributed by atoms with van der Waals surface area (Å²) in [5.41, 5.74) is 2.13. The lowest BCUT2D eigenvalue weighted by Gasteiger charge is -2.24. The summed E-state index contributed by atoms with van der Waals surface area (Å²) in [6.45, 7) is 3.72. The molecule has 1 unspecified atom stereocenters. The van der Waals surface area contributed by atoms with Crippen LogP contribution in [0, 0.1) is 0 Å². The van der Waals surface area contributed by atoms with Gasteiger partial charge in [0, 0.05) is 0 Å². The van der Waals surface area contributed by atoms with Crippen LogP contribution in [0.1, 0.15) is 31.0 Å². The van der Waals surface area contributed by atoms with Crippen molar-refractivity contribution in [1.82, 2.24) is 4.57 Å². The van der Waals surface area contributed by atoms with E-state index >= 15 is 0 Å². The molecule has 3 aromatic rings. The van der Waals surface area contributed by atoms with Crippen molar-refractivity contribution in [2.45, 2.75) is 19.9 Å². The normalized spacial score (nSPS) is 15.3. The van der Waals surface area contributed by atoms with Crippen LogP contribution in [0.25, 0.3) is 6.08 Å². The van der Waals surface area contributed by atoms with Crippen molar-refractivity contribution in [3.8, 4) is 17.2 Å². The predicted octanol–water partition coefficient (Wildman–Crippen LogP) is 2.82. The lowest BCUT2D eigenvalue weighted by Crippen LogP contribution is -2.39. The van der Waals surface area contributed by atoms with Gasteiger partial charge in [-0.15, -0.1) is 0 Å². The number of benzene rings is 2. The zero-order valence-electron chi connectivity index (χ0n) is 20.2. The van der Waals surface area contributed by atoms with Crippen molar-refractivity contribution in [2.75, 3.05) is 27.9 Å². The molecule has 9 heteroatoms. The summed E-state index contributed by atoms with van der Waals surface area (Å²) in [4.78, 5) is 31.7. The third-order valence-corrected chi connectivity index (χ3v) is 6.64. The number of esters is 1. The molecule has 0 radical (unpaired) electrons. The first kappa shape index (κ1) is 24.3. The van der Waals surface area contributed by atoms with E-state index in [4.69, 9.17) is 18.9 Å². The highest BCUT2D eigenvalue weighted by molar-refractivity contribution is 7.07. The van der Waals surface area contributed by atoms with Crippen LogP contribution in [0.5, 0.6) is 17.2 Å². The molecule has 1 atom stereocenters. The quantitative estimate of drug-likeness (QED) is 0.470. The molecule has 1 aromatic heterocycles. The van der Waals surface area contributed by atoms with Gasteiger partial charge in [0.25, 0.3) is 5.56 Å². The van der Waals surface area contributed by atoms with E-state index in [9.17, 15) is 9.59 Å². The molecule has 2 aromatic carbocycles. The zero-order valence-corrected chi connectivity index (χ0v) is 21.0. The number of thiazole rings is 1. The van der Waals surface area contributed by atoms with Crippen LogP contribution in [0.4, 0.5) is 0 Å². The second kappa shape index (κ2) is 10.2. The lowest BCUT2D eigenvalue weighted by atomic mass is 9.96. The summed E-state index contributed by atoms with van der Waals surface area (Å²) in [5.74, 6) is 1.34. The van der Waals surface area contributed by atoms with Gasteiger partial charge in [-0.3, -0.25) is 9.36 Å². The molecule has 0 saturated carbocycles. The fourth-order valence-corrected chi connectivity index (χ4v) is 5.03. The van der Waals surface area contributed by atoms with E-state index in [-0.39, 0.29) is 12.2 Å². The molecule has 0 fully saturated rings. The fourth-order valence-electron chi connectivity index (χ4n) is 3.99. The molecule has 0 amide bonds. The van der Waals surface area contributed by atoms with E-state index < -0.39 is 12.0 Å². The van der Waals surface area contributed by atoms with Gasteiger partial charge >= 0.3 is 5.97 Å². The summed E-state index contributed by atoms with van der Waals surface area (Å²) in [5, 5.41) is 0. The molecule has 1 aliphatic heterocycles. The zero-order chi connectivity index (χ0) is 25.1. The average molecular weight is 495 g/mol. The van der Waals surface area contributed by atoms with Crippen LogP contribution in [-0.2, 0) is 9.53 Å². The number of methoxy groups -OCH3 is 3. The number of rotatable bonds is 7. The number of carbonyl (C=O) groups excluding carboxylic acids is 1. The summed E-state index contributed by atoms with van der Waals surface area (Å²) < 4.78 is 23.3. The van der Waals surface area contributed by atoms with E-state index in [1.54, 1.807) is 70.1 Å². The second-order valence-electron chi connectivity index (χ2n) is 7.69. The number of aromatic nitrogens is 1. The van der Waals surface area contributed by atoms with Gasteiger partial charge in [0.15, 0.2) is 16.3 Å². The molecule has 0 bridgehead atoms. The molecule has 35 heavy (non-hydrogen) atoms. The van der Waals surface area contributed by atoms with Gasteiger partial charge in [-0.25, -0.2) is 9.79 Å². The van der Waals surface area contributed by atoms with Gasteiger partial charge in [0.2, 0.25) is 0 Å². The molecule has 0 saturated heterocycles. The Labute approximate surface area is 206 Å². The van der Waals surface area contributed by atoms with Gasteiger partial charge in [0.1, 0.15) is 5.75 Å². The minimum Gasteiger partial charge on any atom is -0.497 e. The molecule has 4 rings (SSSR count). The molecule has 0 N–H and O–H groups in total. The number of allylic oxidation sites excluding steroid dienone is 1. The molecule has 2 heterocycles. The first-order chi connectivity index (χ1) is 16.9. The smallest absolute Gasteiger partial charge is 0.338 e. The SMILES string of the molecule is CCOC(=O)C1=C(C)N=c2s/c(=C/c3ccc(OC)c(OC)c3)c(=O)n2C1c1ccc(OC)cc1. The maximum atomic E-state index is 13.7. The number of ether oxygens (including phenoxy) is 4. The number of nitrogens with zero attached hydrogens (tertiary/aromatic N) is 2. The molecule has 0 spiro atoms. The van der Waals surface area contributed by atoms with Crippen molar-refractivity contribution >= 4 is 23.4 Å². The summed E-state index contributed by atoms with van der Waals surface area (Å²) in [7, 11) is 4.71. The topological polar surface area (TPSA) is 88.4 Å². The Hall–Kier alpha value is -3.85. The van der Waals surface area contributed by atoms with E-state index in [2.05, 4.69) is 4.99 Å². The number of hydrogen-bond acceptors (Lipinski definition) is 8. The maximum Gasteiger partial charge on any atom is 0.338 e. The van der Waals surface area contributed by atoms with Crippen LogP contribution >= 0.6 is 11.3 Å². The lowest BCUT2D eigenvalue weighted by molar-refractivity contribution is -0.139. The second-order valence-corrected chi connectivity index (χ2v) is 8.70. The monoisotopic (exact) mass is 494 g/mol. The first-order valence-electron chi connectivity index (χ1n) is 11.0. The van der Waals surface area contributed by atoms with Gasteiger partial charge in [-0.1, -0.05) is 29.5 Å². The maximum absolute atomic E-state index is 13.7. The van der Waals surface area contributed by atoms with E-state index in [1.165, 1.54) is 11.3 Å². The Bertz CT molecular complexity index is 1470. The van der Waals surface area contributed by atoms with Gasteiger partial charge < -0.3 is 18.9 Å². The third-order valence-electron chi connectivity index (χ3n) is 5.65. The largest absolute Gasteiger partial charge is 0.497 e. The van der Waals surface area contributed by atoms with Crippen LogP contribution < -0.4 is 29.1 Å². The van der Waals surface area contributed by atoms with E-state index in [0.29, 0.717) is 37.9 Å². The highest BCUT2D eigenvalue weighted by Crippen LogP contribution is 2.32. The predicted molar refractivity (Wildman–Crippen MR) is 133 cm³/mol. The Morgan fingerprint density at radius 2 is 1.77 bits per heavy atom. The van der Waals surface area contributed by atoms with Crippen molar-refractivity contribution in [1.29, 1.82) is 0 Å². The Balaban J connectivity index is 1.91. The Morgan fingerprint density at radius 1 is 1.06 bits per heavy atom. The summed E-state index contributed by atoms with van der Waals surface area (Å²) in [6.07, 6.45) is 1.78. The molecule has 1 aliphatic rings. The van der Waals surface area contributed by atoms with E-state index in [1.807, 2.05) is 18.2 Å². The van der Waals surface area contributed by atoms with Gasteiger partial charge in [0.05, 0.1) is 49.8 Å². The molecular formula is C26H26N2O6S. The standard InChI is InChI=1S/C26H26N2O6S/c1-6-34-25(30)22-15(2)27-26-28(23(22)17-8-10-18(31-3)11-9-17)24(29)21(35-26)14-16-7-12-19(32-4)20(13-16)33-5/h7-14,23H,6H2,1-5H3/b21-14+. The molecule has 8 nitrogen and oxygen atoms in total. The Morgan fingerprint density at radius 3 is 2.40 bits per heavy atom. The minimum atomic E-state index is -0.677. The van der Waals surface area contributed by atoms with Gasteiger partial charge in [-0.2, -0.15) is 0 Å². The minimum absolute atomic E-state index is 0.217. The third kappa shape index (κ3) is 4.59. The van der Waals surface area contributed by atoms with Crippen molar-refractivity contribution in [3.63, 3.8) is 0 Å². The molecule has 182 valence electrons. The highest BCUT2D eigenvalue weighted by atomic mass is 32.1. The number of hydrogen-bond donors (Lipinski definition) is 0. The van der Waals surface area contributed by atoms with E-state index in [0.717, 1.165) is 11.1 Å². The van der Waals surface area contributed by atoms with Crippen LogP contribution in [-0.4, -0.2) is 38.5 Å². The molecular weight excluding hydrogens is 468 g/mol. The van der Waals surface area contributed by atoms with Gasteiger partial charge in [-0.05, 0) is 55.3 Å². The van der Waals surface area contributed by atoms with Crippen molar-refractivity contribution < 1.29 is 23.7 Å². The highest BCUT2D eigenvalue weighted by Gasteiger charge is 2.33. The number of carbonyl (C=O) groups is 1. The first-order valence-corrected chi connectivity index (χ1v) is 11.8. The Kier molecular flexibility index (Phi) is 7.07. The van der Waals surface area contributed by atoms with Crippen LogP contribution in [0.15, 0.2) is 63.5 Å². The van der Waals surface area contributed by atoms with Crippen molar-refractivity contribution in [2.24, 2.45) is 4.99 Å². The van der Waals surface area contributed by atoms with Crippen LogP contribution in [0.3, 0.4) is 0 Å². The van der Waals surface area contributed by atoms with Crippen molar-refractivity contribution in [3.05, 3.63) is 84.5 Å². The summed E-state index contributed by atoms with van der Waals surface area (Å²) in [6, 6.07) is 12.0. The van der Waals surface area contributed by atoms with Crippen LogP contribution in [0.2, 0.25) is 0 Å². The average Bonchev–Trinajstić information content (AvgIpc) is 3.17. The number of fused-ring (bicyclic) bond motifs is 1. The fraction of sp³-hybridized carbons (Fsp3) is 0.269. The summed E-state index contributed by atoms with van der Waals surface area (Å²) >= 11 is 1.26. The molecule has 0 aliphatic carbocycles.